The average Bonchev–Trinajstić information content (AvgIpc) is 2.71. The largest absolute Gasteiger partial charge is 0.461 e. The fourth-order valence-electron chi connectivity index (χ4n) is 1.25. The molecule has 0 fully saturated rings. The summed E-state index contributed by atoms with van der Waals surface area (Å²) in [6, 6.07) is 3.85. The number of carbonyl (C=O) groups is 1. The van der Waals surface area contributed by atoms with Crippen LogP contribution in [0.3, 0.4) is 0 Å². The monoisotopic (exact) mass is 192 g/mol. The molecule has 2 aromatic heterocycles. The lowest BCUT2D eigenvalue weighted by Gasteiger charge is -1.94. The number of aryl methyl sites for hydroxylation is 1. The molecule has 0 radical (unpaired) electrons. The smallest absolute Gasteiger partial charge is 0.185 e. The van der Waals surface area contributed by atoms with Crippen molar-refractivity contribution in [3.8, 4) is 10.4 Å². The molecule has 0 amide bonds. The minimum atomic E-state index is 0.408. The van der Waals surface area contributed by atoms with E-state index < -0.39 is 0 Å². The van der Waals surface area contributed by atoms with E-state index in [-0.39, 0.29) is 0 Å². The second kappa shape index (κ2) is 3.18. The summed E-state index contributed by atoms with van der Waals surface area (Å²) in [6.07, 6.45) is 2.28. The third-order valence-corrected chi connectivity index (χ3v) is 2.96. The van der Waals surface area contributed by atoms with Gasteiger partial charge >= 0.3 is 0 Å². The molecule has 0 bridgehead atoms. The Morgan fingerprint density at radius 1 is 1.46 bits per heavy atom. The van der Waals surface area contributed by atoms with Crippen molar-refractivity contribution >= 4 is 17.6 Å². The number of furan rings is 1. The van der Waals surface area contributed by atoms with Crippen molar-refractivity contribution < 1.29 is 9.21 Å². The quantitative estimate of drug-likeness (QED) is 0.684. The molecular weight excluding hydrogens is 184 g/mol. The van der Waals surface area contributed by atoms with Gasteiger partial charge in [0.05, 0.1) is 6.26 Å². The molecular formula is C10H8O2S. The molecule has 0 aliphatic rings. The minimum absolute atomic E-state index is 0.408. The summed E-state index contributed by atoms with van der Waals surface area (Å²) >= 11 is 1.62. The van der Waals surface area contributed by atoms with E-state index in [4.69, 9.17) is 4.42 Å². The van der Waals surface area contributed by atoms with E-state index >= 15 is 0 Å². The Morgan fingerprint density at radius 3 is 2.92 bits per heavy atom. The Hall–Kier alpha value is -1.35. The molecule has 0 atom stereocenters. The average molecular weight is 192 g/mol. The Kier molecular flexibility index (Phi) is 2.02. The fourth-order valence-corrected chi connectivity index (χ4v) is 2.21. The topological polar surface area (TPSA) is 30.2 Å². The van der Waals surface area contributed by atoms with Gasteiger partial charge in [0.1, 0.15) is 0 Å². The number of hydrogen-bond acceptors (Lipinski definition) is 3. The third-order valence-electron chi connectivity index (χ3n) is 1.91. The molecule has 2 rings (SSSR count). The van der Waals surface area contributed by atoms with Crippen LogP contribution in [-0.4, -0.2) is 6.29 Å². The normalized spacial score (nSPS) is 10.2. The lowest BCUT2D eigenvalue weighted by atomic mass is 10.1. The number of hydrogen-bond donors (Lipinski definition) is 0. The zero-order valence-electron chi connectivity index (χ0n) is 7.11. The molecule has 13 heavy (non-hydrogen) atoms. The first-order valence-corrected chi connectivity index (χ1v) is 4.78. The predicted molar refractivity (Wildman–Crippen MR) is 52.1 cm³/mol. The van der Waals surface area contributed by atoms with Crippen molar-refractivity contribution in [2.75, 3.05) is 0 Å². The number of rotatable bonds is 2. The van der Waals surface area contributed by atoms with Crippen LogP contribution in [0, 0.1) is 6.92 Å². The fraction of sp³-hybridized carbons (Fsp3) is 0.100. The standard InChI is InChI=1S/C10H8O2S/c1-7-3-5-13-10(7)8-2-4-12-9(8)6-11/h2-6H,1H3. The molecule has 66 valence electrons. The van der Waals surface area contributed by atoms with E-state index in [9.17, 15) is 4.79 Å². The zero-order valence-corrected chi connectivity index (χ0v) is 7.93. The van der Waals surface area contributed by atoms with Gasteiger partial charge in [-0.3, -0.25) is 4.79 Å². The van der Waals surface area contributed by atoms with Crippen LogP contribution in [0.25, 0.3) is 10.4 Å². The minimum Gasteiger partial charge on any atom is -0.461 e. The van der Waals surface area contributed by atoms with E-state index in [0.717, 1.165) is 16.7 Å². The second-order valence-electron chi connectivity index (χ2n) is 2.75. The maximum absolute atomic E-state index is 10.6. The first-order chi connectivity index (χ1) is 6.33. The second-order valence-corrected chi connectivity index (χ2v) is 3.67. The van der Waals surface area contributed by atoms with E-state index in [0.29, 0.717) is 5.76 Å². The molecule has 0 saturated heterocycles. The van der Waals surface area contributed by atoms with E-state index in [1.54, 1.807) is 11.3 Å². The highest BCUT2D eigenvalue weighted by atomic mass is 32.1. The molecule has 3 heteroatoms. The molecule has 0 saturated carbocycles. The van der Waals surface area contributed by atoms with Crippen molar-refractivity contribution in [1.29, 1.82) is 0 Å². The summed E-state index contributed by atoms with van der Waals surface area (Å²) in [6.45, 7) is 2.02. The lowest BCUT2D eigenvalue weighted by molar-refractivity contribution is 0.110. The SMILES string of the molecule is Cc1ccsc1-c1ccoc1C=O. The summed E-state index contributed by atoms with van der Waals surface area (Å²) in [4.78, 5) is 11.7. The van der Waals surface area contributed by atoms with Crippen LogP contribution in [-0.2, 0) is 0 Å². The molecule has 2 aromatic rings. The van der Waals surface area contributed by atoms with Crippen molar-refractivity contribution in [2.24, 2.45) is 0 Å². The van der Waals surface area contributed by atoms with Crippen LogP contribution in [0.1, 0.15) is 16.1 Å². The van der Waals surface area contributed by atoms with Gasteiger partial charge in [0.15, 0.2) is 12.0 Å². The van der Waals surface area contributed by atoms with Gasteiger partial charge in [0, 0.05) is 10.4 Å². The Balaban J connectivity index is 2.58. The zero-order chi connectivity index (χ0) is 9.26. The lowest BCUT2D eigenvalue weighted by Crippen LogP contribution is -1.79. The van der Waals surface area contributed by atoms with Gasteiger partial charge in [0.25, 0.3) is 0 Å². The Morgan fingerprint density at radius 2 is 2.31 bits per heavy atom. The van der Waals surface area contributed by atoms with E-state index in [2.05, 4.69) is 0 Å². The van der Waals surface area contributed by atoms with Gasteiger partial charge in [-0.1, -0.05) is 0 Å². The molecule has 0 aliphatic heterocycles. The van der Waals surface area contributed by atoms with Gasteiger partial charge in [0.2, 0.25) is 0 Å². The maximum atomic E-state index is 10.6. The van der Waals surface area contributed by atoms with Crippen LogP contribution in [0.4, 0.5) is 0 Å². The molecule has 2 heterocycles. The van der Waals surface area contributed by atoms with Gasteiger partial charge in [-0.2, -0.15) is 0 Å². The molecule has 0 unspecified atom stereocenters. The van der Waals surface area contributed by atoms with Crippen LogP contribution < -0.4 is 0 Å². The molecule has 0 spiro atoms. The van der Waals surface area contributed by atoms with Crippen molar-refractivity contribution in [3.05, 3.63) is 35.1 Å². The van der Waals surface area contributed by atoms with Crippen molar-refractivity contribution in [1.82, 2.24) is 0 Å². The van der Waals surface area contributed by atoms with Gasteiger partial charge in [-0.15, -0.1) is 11.3 Å². The Bertz CT molecular complexity index is 426. The molecule has 2 nitrogen and oxygen atoms in total. The van der Waals surface area contributed by atoms with E-state index in [1.807, 2.05) is 24.4 Å². The van der Waals surface area contributed by atoms with Crippen LogP contribution >= 0.6 is 11.3 Å². The summed E-state index contributed by atoms with van der Waals surface area (Å²) in [5, 5.41) is 2.01. The third kappa shape index (κ3) is 1.31. The Labute approximate surface area is 79.8 Å². The van der Waals surface area contributed by atoms with Gasteiger partial charge in [-0.05, 0) is 30.0 Å². The van der Waals surface area contributed by atoms with Gasteiger partial charge in [-0.25, -0.2) is 0 Å². The number of carbonyl (C=O) groups excluding carboxylic acids is 1. The van der Waals surface area contributed by atoms with Crippen LogP contribution in [0.15, 0.2) is 28.2 Å². The van der Waals surface area contributed by atoms with Crippen LogP contribution in [0.5, 0.6) is 0 Å². The molecule has 0 aliphatic carbocycles. The highest BCUT2D eigenvalue weighted by molar-refractivity contribution is 7.13. The summed E-state index contributed by atoms with van der Waals surface area (Å²) < 4.78 is 5.03. The summed E-state index contributed by atoms with van der Waals surface area (Å²) in [7, 11) is 0. The predicted octanol–water partition coefficient (Wildman–Crippen LogP) is 3.13. The highest BCUT2D eigenvalue weighted by Gasteiger charge is 2.10. The molecule has 0 N–H and O–H groups in total. The maximum Gasteiger partial charge on any atom is 0.185 e. The molecule has 0 aromatic carbocycles. The van der Waals surface area contributed by atoms with Gasteiger partial charge < -0.3 is 4.42 Å². The number of aldehydes is 1. The summed E-state index contributed by atoms with van der Waals surface area (Å²) in [5.41, 5.74) is 2.07. The first kappa shape index (κ1) is 8.26. The highest BCUT2D eigenvalue weighted by Crippen LogP contribution is 2.31. The number of thiophene rings is 1. The van der Waals surface area contributed by atoms with Crippen molar-refractivity contribution in [2.45, 2.75) is 6.92 Å². The first-order valence-electron chi connectivity index (χ1n) is 3.90. The van der Waals surface area contributed by atoms with Crippen molar-refractivity contribution in [3.63, 3.8) is 0 Å². The summed E-state index contributed by atoms with van der Waals surface area (Å²) in [5.74, 6) is 0.408. The van der Waals surface area contributed by atoms with E-state index in [1.165, 1.54) is 11.8 Å². The van der Waals surface area contributed by atoms with Crippen LogP contribution in [0.2, 0.25) is 0 Å².